The van der Waals surface area contributed by atoms with Crippen LogP contribution in [0.4, 0.5) is 5.69 Å². The van der Waals surface area contributed by atoms with Gasteiger partial charge < -0.3 is 9.73 Å². The molecule has 1 aromatic heterocycles. The van der Waals surface area contributed by atoms with E-state index in [1.54, 1.807) is 6.26 Å². The molecule has 0 amide bonds. The molecule has 1 aliphatic heterocycles. The van der Waals surface area contributed by atoms with Crippen LogP contribution < -0.4 is 5.32 Å². The van der Waals surface area contributed by atoms with E-state index in [-0.39, 0.29) is 17.2 Å². The van der Waals surface area contributed by atoms with E-state index < -0.39 is 0 Å². The summed E-state index contributed by atoms with van der Waals surface area (Å²) in [5.41, 5.74) is 4.09. The third-order valence-electron chi connectivity index (χ3n) is 5.56. The third-order valence-corrected chi connectivity index (χ3v) is 5.56. The Balaban J connectivity index is 1.83. The molecular weight excluding hydrogens is 322 g/mol. The highest BCUT2D eigenvalue weighted by molar-refractivity contribution is 6.28. The van der Waals surface area contributed by atoms with Gasteiger partial charge in [0.05, 0.1) is 6.26 Å². The quantitative estimate of drug-likeness (QED) is 0.612. The molecule has 5 rings (SSSR count). The van der Waals surface area contributed by atoms with Crippen molar-refractivity contribution in [2.45, 2.75) is 32.7 Å². The van der Waals surface area contributed by atoms with E-state index in [9.17, 15) is 4.79 Å². The molecular formula is C23H21NO2. The van der Waals surface area contributed by atoms with E-state index in [4.69, 9.17) is 4.42 Å². The van der Waals surface area contributed by atoms with Crippen LogP contribution in [0.1, 0.15) is 44.1 Å². The van der Waals surface area contributed by atoms with E-state index in [1.165, 1.54) is 0 Å². The van der Waals surface area contributed by atoms with Gasteiger partial charge in [0.2, 0.25) is 0 Å². The molecule has 1 atom stereocenters. The lowest BCUT2D eigenvalue weighted by atomic mass is 9.68. The van der Waals surface area contributed by atoms with E-state index in [1.807, 2.05) is 24.3 Å². The number of allylic oxidation sites excluding steroid dienone is 1. The molecule has 130 valence electrons. The lowest BCUT2D eigenvalue weighted by Gasteiger charge is -2.39. The van der Waals surface area contributed by atoms with Gasteiger partial charge in [0, 0.05) is 23.2 Å². The summed E-state index contributed by atoms with van der Waals surface area (Å²) < 4.78 is 5.72. The van der Waals surface area contributed by atoms with Crippen molar-refractivity contribution in [2.75, 3.05) is 5.32 Å². The first-order chi connectivity index (χ1) is 12.5. The second-order valence-corrected chi connectivity index (χ2v) is 8.14. The summed E-state index contributed by atoms with van der Waals surface area (Å²) in [6, 6.07) is 16.3. The lowest BCUT2D eigenvalue weighted by Crippen LogP contribution is -2.32. The Kier molecular flexibility index (Phi) is 3.17. The van der Waals surface area contributed by atoms with Crippen molar-refractivity contribution in [1.82, 2.24) is 0 Å². The van der Waals surface area contributed by atoms with Crippen molar-refractivity contribution < 1.29 is 9.21 Å². The Morgan fingerprint density at radius 2 is 1.88 bits per heavy atom. The fourth-order valence-corrected chi connectivity index (χ4v) is 4.52. The Morgan fingerprint density at radius 1 is 1.04 bits per heavy atom. The number of furan rings is 1. The van der Waals surface area contributed by atoms with Crippen LogP contribution in [0.3, 0.4) is 0 Å². The SMILES string of the molecule is CC1(C)CC(=O)C2=C(C1)[C@@H](c1ccco1)Nc1ccc3ccccc3c12. The van der Waals surface area contributed by atoms with Crippen molar-refractivity contribution >= 4 is 27.8 Å². The molecule has 0 saturated heterocycles. The number of hydrogen-bond acceptors (Lipinski definition) is 3. The highest BCUT2D eigenvalue weighted by Gasteiger charge is 2.41. The molecule has 1 N–H and O–H groups in total. The van der Waals surface area contributed by atoms with Gasteiger partial charge >= 0.3 is 0 Å². The van der Waals surface area contributed by atoms with Crippen molar-refractivity contribution in [3.8, 4) is 0 Å². The van der Waals surface area contributed by atoms with Gasteiger partial charge in [0.1, 0.15) is 11.8 Å². The highest BCUT2D eigenvalue weighted by atomic mass is 16.3. The first kappa shape index (κ1) is 15.4. The molecule has 0 saturated carbocycles. The van der Waals surface area contributed by atoms with Gasteiger partial charge in [-0.2, -0.15) is 0 Å². The Labute approximate surface area is 152 Å². The summed E-state index contributed by atoms with van der Waals surface area (Å²) in [6.45, 7) is 4.35. The summed E-state index contributed by atoms with van der Waals surface area (Å²) in [7, 11) is 0. The van der Waals surface area contributed by atoms with Gasteiger partial charge in [-0.3, -0.25) is 4.79 Å². The second-order valence-electron chi connectivity index (χ2n) is 8.14. The second kappa shape index (κ2) is 5.34. The largest absolute Gasteiger partial charge is 0.467 e. The minimum absolute atomic E-state index is 0.0372. The minimum atomic E-state index is -0.0859. The molecule has 3 aromatic rings. The molecule has 0 unspecified atom stereocenters. The number of benzene rings is 2. The van der Waals surface area contributed by atoms with Crippen molar-refractivity contribution in [3.63, 3.8) is 0 Å². The zero-order chi connectivity index (χ0) is 17.9. The first-order valence-corrected chi connectivity index (χ1v) is 9.12. The number of nitrogens with one attached hydrogen (secondary N) is 1. The topological polar surface area (TPSA) is 42.2 Å². The predicted molar refractivity (Wildman–Crippen MR) is 104 cm³/mol. The van der Waals surface area contributed by atoms with E-state index >= 15 is 0 Å². The lowest BCUT2D eigenvalue weighted by molar-refractivity contribution is -0.116. The zero-order valence-corrected chi connectivity index (χ0v) is 15.0. The van der Waals surface area contributed by atoms with Crippen LogP contribution in [-0.4, -0.2) is 5.78 Å². The van der Waals surface area contributed by atoms with Crippen LogP contribution >= 0.6 is 0 Å². The third kappa shape index (κ3) is 2.23. The summed E-state index contributed by atoms with van der Waals surface area (Å²) >= 11 is 0. The number of anilines is 1. The number of fused-ring (bicyclic) bond motifs is 4. The Bertz CT molecular complexity index is 1060. The number of carbonyl (C=O) groups excluding carboxylic acids is 1. The molecule has 1 aliphatic carbocycles. The molecule has 3 nitrogen and oxygen atoms in total. The highest BCUT2D eigenvalue weighted by Crippen LogP contribution is 2.51. The molecule has 0 bridgehead atoms. The monoisotopic (exact) mass is 343 g/mol. The molecule has 2 heterocycles. The number of Topliss-reactive ketones (excluding diaryl/α,β-unsaturated/α-hetero) is 1. The van der Waals surface area contributed by atoms with Gasteiger partial charge in [0.25, 0.3) is 0 Å². The van der Waals surface area contributed by atoms with Gasteiger partial charge in [-0.05, 0) is 46.4 Å². The fraction of sp³-hybridized carbons (Fsp3) is 0.261. The van der Waals surface area contributed by atoms with E-state index in [0.717, 1.165) is 45.4 Å². The molecule has 0 fully saturated rings. The molecule has 3 heteroatoms. The zero-order valence-electron chi connectivity index (χ0n) is 15.0. The van der Waals surface area contributed by atoms with Crippen LogP contribution in [0.15, 0.2) is 64.8 Å². The number of hydrogen-bond donors (Lipinski definition) is 1. The van der Waals surface area contributed by atoms with Crippen molar-refractivity contribution in [1.29, 1.82) is 0 Å². The fourth-order valence-electron chi connectivity index (χ4n) is 4.52. The van der Waals surface area contributed by atoms with Crippen molar-refractivity contribution in [3.05, 3.63) is 71.7 Å². The normalized spacial score (nSPS) is 21.3. The smallest absolute Gasteiger partial charge is 0.164 e. The van der Waals surface area contributed by atoms with Crippen LogP contribution in [0.5, 0.6) is 0 Å². The van der Waals surface area contributed by atoms with E-state index in [0.29, 0.717) is 6.42 Å². The average molecular weight is 343 g/mol. The van der Waals surface area contributed by atoms with Crippen LogP contribution in [-0.2, 0) is 4.79 Å². The van der Waals surface area contributed by atoms with Gasteiger partial charge in [-0.25, -0.2) is 0 Å². The van der Waals surface area contributed by atoms with E-state index in [2.05, 4.69) is 43.4 Å². The van der Waals surface area contributed by atoms with Crippen LogP contribution in [0, 0.1) is 5.41 Å². The number of ketones is 1. The number of rotatable bonds is 1. The average Bonchev–Trinajstić information content (AvgIpc) is 3.14. The Hall–Kier alpha value is -2.81. The minimum Gasteiger partial charge on any atom is -0.467 e. The molecule has 2 aromatic carbocycles. The molecule has 2 aliphatic rings. The van der Waals surface area contributed by atoms with Gasteiger partial charge in [0.15, 0.2) is 5.78 Å². The summed E-state index contributed by atoms with van der Waals surface area (Å²) in [4.78, 5) is 13.2. The number of carbonyl (C=O) groups is 1. The molecule has 26 heavy (non-hydrogen) atoms. The summed E-state index contributed by atoms with van der Waals surface area (Å²) in [5, 5.41) is 5.94. The maximum Gasteiger partial charge on any atom is 0.164 e. The maximum atomic E-state index is 13.2. The standard InChI is InChI=1S/C23H21NO2/c1-23(2)12-16-21(18(25)13-23)20-15-7-4-3-6-14(15)9-10-17(20)24-22(16)19-8-5-11-26-19/h3-11,22,24H,12-13H2,1-2H3/t22-/m0/s1. The molecule has 0 radical (unpaired) electrons. The van der Waals surface area contributed by atoms with Gasteiger partial charge in [-0.1, -0.05) is 44.2 Å². The summed E-state index contributed by atoms with van der Waals surface area (Å²) in [5.74, 6) is 1.11. The first-order valence-electron chi connectivity index (χ1n) is 9.12. The van der Waals surface area contributed by atoms with Crippen molar-refractivity contribution in [2.24, 2.45) is 5.41 Å². The molecule has 0 spiro atoms. The summed E-state index contributed by atoms with van der Waals surface area (Å²) in [6.07, 6.45) is 3.16. The Morgan fingerprint density at radius 3 is 2.69 bits per heavy atom. The van der Waals surface area contributed by atoms with Gasteiger partial charge in [-0.15, -0.1) is 0 Å². The van der Waals surface area contributed by atoms with Crippen LogP contribution in [0.25, 0.3) is 16.3 Å². The van der Waals surface area contributed by atoms with Crippen LogP contribution in [0.2, 0.25) is 0 Å². The maximum absolute atomic E-state index is 13.2. The predicted octanol–water partition coefficient (Wildman–Crippen LogP) is 5.74.